The zero-order chi connectivity index (χ0) is 12.5. The molecule has 0 fully saturated rings. The average molecular weight is 244 g/mol. The van der Waals surface area contributed by atoms with Crippen LogP contribution in [0.15, 0.2) is 18.2 Å². The molecule has 0 saturated heterocycles. The first-order chi connectivity index (χ1) is 7.99. The van der Waals surface area contributed by atoms with Crippen LogP contribution in [0, 0.1) is 0 Å². The summed E-state index contributed by atoms with van der Waals surface area (Å²) in [5.74, 6) is 0.228. The van der Waals surface area contributed by atoms with Crippen molar-refractivity contribution in [2.24, 2.45) is 0 Å². The van der Waals surface area contributed by atoms with Gasteiger partial charge in [0.1, 0.15) is 5.75 Å². The highest BCUT2D eigenvalue weighted by Gasteiger charge is 2.34. The number of ether oxygens (including phenoxy) is 1. The summed E-state index contributed by atoms with van der Waals surface area (Å²) in [7, 11) is 1.53. The third-order valence-corrected chi connectivity index (χ3v) is 3.27. The predicted octanol–water partition coefficient (Wildman–Crippen LogP) is 4.07. The second-order valence-corrected chi connectivity index (χ2v) is 4.47. The van der Waals surface area contributed by atoms with E-state index in [2.05, 4.69) is 0 Å². The van der Waals surface area contributed by atoms with Gasteiger partial charge in [0, 0.05) is 0 Å². The van der Waals surface area contributed by atoms with E-state index in [-0.39, 0.29) is 0 Å². The molecule has 0 radical (unpaired) electrons. The van der Waals surface area contributed by atoms with Gasteiger partial charge in [-0.2, -0.15) is 13.2 Å². The maximum Gasteiger partial charge on any atom is 0.389 e. The summed E-state index contributed by atoms with van der Waals surface area (Å²) in [6.07, 6.45) is -2.51. The molecule has 0 amide bonds. The SMILES string of the molecule is COc1ccc2c(c1)C(CC(F)(F)F)CCC2. The number of benzene rings is 1. The topological polar surface area (TPSA) is 9.23 Å². The summed E-state index contributed by atoms with van der Waals surface area (Å²) in [5.41, 5.74) is 1.85. The van der Waals surface area contributed by atoms with Crippen LogP contribution >= 0.6 is 0 Å². The van der Waals surface area contributed by atoms with Gasteiger partial charge in [0.2, 0.25) is 0 Å². The van der Waals surface area contributed by atoms with Crippen molar-refractivity contribution < 1.29 is 17.9 Å². The van der Waals surface area contributed by atoms with Crippen molar-refractivity contribution in [2.45, 2.75) is 37.8 Å². The first-order valence-corrected chi connectivity index (χ1v) is 5.73. The summed E-state index contributed by atoms with van der Waals surface area (Å²) in [4.78, 5) is 0. The molecule has 0 heterocycles. The Labute approximate surface area is 98.6 Å². The number of rotatable bonds is 2. The maximum absolute atomic E-state index is 12.5. The van der Waals surface area contributed by atoms with Gasteiger partial charge in [0.05, 0.1) is 13.5 Å². The molecule has 0 N–H and O–H groups in total. The number of methoxy groups -OCH3 is 1. The van der Waals surface area contributed by atoms with Gasteiger partial charge < -0.3 is 4.74 Å². The van der Waals surface area contributed by atoms with Gasteiger partial charge >= 0.3 is 6.18 Å². The molecule has 1 aliphatic rings. The Morgan fingerprint density at radius 2 is 2.12 bits per heavy atom. The van der Waals surface area contributed by atoms with E-state index in [9.17, 15) is 13.2 Å². The number of halogens is 3. The number of hydrogen-bond acceptors (Lipinski definition) is 1. The Morgan fingerprint density at radius 1 is 1.35 bits per heavy atom. The Kier molecular flexibility index (Phi) is 3.31. The quantitative estimate of drug-likeness (QED) is 0.762. The Bertz CT molecular complexity index is 398. The lowest BCUT2D eigenvalue weighted by Gasteiger charge is -2.26. The van der Waals surface area contributed by atoms with Crippen molar-refractivity contribution in [3.8, 4) is 5.75 Å². The monoisotopic (exact) mass is 244 g/mol. The summed E-state index contributed by atoms with van der Waals surface area (Å²) in [6.45, 7) is 0. The van der Waals surface area contributed by atoms with E-state index in [1.807, 2.05) is 12.1 Å². The van der Waals surface area contributed by atoms with E-state index in [4.69, 9.17) is 4.74 Å². The average Bonchev–Trinajstić information content (AvgIpc) is 2.27. The van der Waals surface area contributed by atoms with Crippen molar-refractivity contribution in [3.63, 3.8) is 0 Å². The first kappa shape index (κ1) is 12.3. The maximum atomic E-state index is 12.5. The summed E-state index contributed by atoms with van der Waals surface area (Å²) in [5, 5.41) is 0. The van der Waals surface area contributed by atoms with Crippen LogP contribution in [0.1, 0.15) is 36.3 Å². The van der Waals surface area contributed by atoms with E-state index >= 15 is 0 Å². The van der Waals surface area contributed by atoms with Gasteiger partial charge in [-0.1, -0.05) is 6.07 Å². The summed E-state index contributed by atoms with van der Waals surface area (Å²) in [6, 6.07) is 5.45. The van der Waals surface area contributed by atoms with Gasteiger partial charge in [-0.25, -0.2) is 0 Å². The first-order valence-electron chi connectivity index (χ1n) is 5.73. The lowest BCUT2D eigenvalue weighted by Crippen LogP contribution is -2.18. The molecule has 1 unspecified atom stereocenters. The molecular formula is C13H15F3O. The third kappa shape index (κ3) is 2.93. The van der Waals surface area contributed by atoms with E-state index in [0.717, 1.165) is 24.0 Å². The molecule has 1 aromatic carbocycles. The Hall–Kier alpha value is -1.19. The van der Waals surface area contributed by atoms with Crippen molar-refractivity contribution in [2.75, 3.05) is 7.11 Å². The van der Waals surface area contributed by atoms with Gasteiger partial charge in [0.25, 0.3) is 0 Å². The molecule has 1 aromatic rings. The Morgan fingerprint density at radius 3 is 2.76 bits per heavy atom. The molecule has 2 rings (SSSR count). The normalized spacial score (nSPS) is 19.9. The van der Waals surface area contributed by atoms with E-state index in [1.165, 1.54) is 7.11 Å². The van der Waals surface area contributed by atoms with Crippen LogP contribution in [0.4, 0.5) is 13.2 Å². The molecule has 0 bridgehead atoms. The molecule has 1 nitrogen and oxygen atoms in total. The van der Waals surface area contributed by atoms with Crippen molar-refractivity contribution >= 4 is 0 Å². The zero-order valence-electron chi connectivity index (χ0n) is 9.68. The zero-order valence-corrected chi connectivity index (χ0v) is 9.68. The number of aryl methyl sites for hydroxylation is 1. The lowest BCUT2D eigenvalue weighted by atomic mass is 9.81. The van der Waals surface area contributed by atoms with Crippen LogP contribution in [-0.4, -0.2) is 13.3 Å². The number of hydrogen-bond donors (Lipinski definition) is 0. The van der Waals surface area contributed by atoms with Crippen molar-refractivity contribution in [1.82, 2.24) is 0 Å². The highest BCUT2D eigenvalue weighted by molar-refractivity contribution is 5.39. The number of alkyl halides is 3. The molecule has 0 aliphatic heterocycles. The van der Waals surface area contributed by atoms with Crippen LogP contribution in [0.5, 0.6) is 5.75 Å². The summed E-state index contributed by atoms with van der Waals surface area (Å²) < 4.78 is 42.5. The molecule has 17 heavy (non-hydrogen) atoms. The standard InChI is InChI=1S/C13H15F3O/c1-17-11-6-5-9-3-2-4-10(12(9)7-11)8-13(14,15)16/h5-7,10H,2-4,8H2,1H3. The summed E-state index contributed by atoms with van der Waals surface area (Å²) >= 11 is 0. The van der Waals surface area contributed by atoms with Crippen molar-refractivity contribution in [1.29, 1.82) is 0 Å². The van der Waals surface area contributed by atoms with Crippen LogP contribution in [-0.2, 0) is 6.42 Å². The molecular weight excluding hydrogens is 229 g/mol. The molecule has 94 valence electrons. The van der Waals surface area contributed by atoms with Crippen LogP contribution in [0.25, 0.3) is 0 Å². The fourth-order valence-corrected chi connectivity index (χ4v) is 2.49. The predicted molar refractivity (Wildman–Crippen MR) is 59.3 cm³/mol. The van der Waals surface area contributed by atoms with Gasteiger partial charge in [0.15, 0.2) is 0 Å². The van der Waals surface area contributed by atoms with Crippen LogP contribution in [0.3, 0.4) is 0 Å². The van der Waals surface area contributed by atoms with Gasteiger partial charge in [-0.3, -0.25) is 0 Å². The third-order valence-electron chi connectivity index (χ3n) is 3.27. The molecule has 0 saturated carbocycles. The lowest BCUT2D eigenvalue weighted by molar-refractivity contribution is -0.139. The van der Waals surface area contributed by atoms with E-state index < -0.39 is 18.5 Å². The fraction of sp³-hybridized carbons (Fsp3) is 0.538. The van der Waals surface area contributed by atoms with Crippen LogP contribution < -0.4 is 4.74 Å². The second kappa shape index (κ2) is 4.59. The molecule has 0 aromatic heterocycles. The molecule has 1 atom stereocenters. The Balaban J connectivity index is 2.29. The van der Waals surface area contributed by atoms with Gasteiger partial charge in [-0.05, 0) is 48.4 Å². The molecule has 1 aliphatic carbocycles. The highest BCUT2D eigenvalue weighted by Crippen LogP contribution is 2.40. The molecule has 4 heteroatoms. The number of fused-ring (bicyclic) bond motifs is 1. The minimum Gasteiger partial charge on any atom is -0.497 e. The van der Waals surface area contributed by atoms with E-state index in [0.29, 0.717) is 12.2 Å². The minimum atomic E-state index is -4.09. The van der Waals surface area contributed by atoms with Crippen molar-refractivity contribution in [3.05, 3.63) is 29.3 Å². The minimum absolute atomic E-state index is 0.408. The largest absolute Gasteiger partial charge is 0.497 e. The van der Waals surface area contributed by atoms with Crippen LogP contribution in [0.2, 0.25) is 0 Å². The van der Waals surface area contributed by atoms with E-state index in [1.54, 1.807) is 6.07 Å². The highest BCUT2D eigenvalue weighted by atomic mass is 19.4. The van der Waals surface area contributed by atoms with Gasteiger partial charge in [-0.15, -0.1) is 0 Å². The fourth-order valence-electron chi connectivity index (χ4n) is 2.49. The second-order valence-electron chi connectivity index (χ2n) is 4.47. The molecule has 0 spiro atoms. The smallest absolute Gasteiger partial charge is 0.389 e.